The van der Waals surface area contributed by atoms with Gasteiger partial charge in [-0.05, 0) is 30.4 Å². The third-order valence-corrected chi connectivity index (χ3v) is 4.39. The molecular weight excluding hydrogens is 244 g/mol. The van der Waals surface area contributed by atoms with Crippen molar-refractivity contribution in [2.45, 2.75) is 32.1 Å². The molecule has 2 heterocycles. The molecule has 1 fully saturated rings. The fraction of sp³-hybridized carbons (Fsp3) is 0.429. The Hall–Kier alpha value is -1.42. The number of carbonyl (C=O) groups is 1. The van der Waals surface area contributed by atoms with Crippen LogP contribution in [0.4, 0.5) is 5.69 Å². The maximum Gasteiger partial charge on any atom is 0.227 e. The molecule has 2 aromatic heterocycles. The van der Waals surface area contributed by atoms with Crippen LogP contribution < -0.4 is 5.32 Å². The molecule has 0 aromatic carbocycles. The Morgan fingerprint density at radius 1 is 1.33 bits per heavy atom. The van der Waals surface area contributed by atoms with Crippen molar-refractivity contribution in [3.05, 3.63) is 23.7 Å². The summed E-state index contributed by atoms with van der Waals surface area (Å²) >= 11 is 1.62. The first-order chi connectivity index (χ1) is 8.83. The second kappa shape index (κ2) is 5.06. The quantitative estimate of drug-likeness (QED) is 0.892. The highest BCUT2D eigenvalue weighted by molar-refractivity contribution is 7.16. The van der Waals surface area contributed by atoms with Gasteiger partial charge in [0.05, 0.1) is 11.9 Å². The second-order valence-corrected chi connectivity index (χ2v) is 5.76. The largest absolute Gasteiger partial charge is 0.324 e. The van der Waals surface area contributed by atoms with Crippen molar-refractivity contribution < 1.29 is 4.79 Å². The second-order valence-electron chi connectivity index (χ2n) is 4.86. The third-order valence-electron chi connectivity index (χ3n) is 3.55. The Bertz CT molecular complexity index is 558. The first kappa shape index (κ1) is 11.7. The summed E-state index contributed by atoms with van der Waals surface area (Å²) in [6.07, 6.45) is 7.44. The number of anilines is 1. The zero-order valence-corrected chi connectivity index (χ0v) is 11.0. The van der Waals surface area contributed by atoms with Crippen LogP contribution in [0.25, 0.3) is 10.2 Å². The molecule has 1 aliphatic rings. The van der Waals surface area contributed by atoms with E-state index < -0.39 is 0 Å². The van der Waals surface area contributed by atoms with Crippen LogP contribution in [-0.4, -0.2) is 10.9 Å². The number of nitrogens with one attached hydrogen (secondary N) is 1. The molecule has 0 atom stereocenters. The maximum atomic E-state index is 12.1. The summed E-state index contributed by atoms with van der Waals surface area (Å²) in [5.74, 6) is 0.350. The van der Waals surface area contributed by atoms with Gasteiger partial charge < -0.3 is 5.32 Å². The molecule has 1 N–H and O–H groups in total. The lowest BCUT2D eigenvalue weighted by Gasteiger charge is -2.20. The van der Waals surface area contributed by atoms with E-state index in [-0.39, 0.29) is 11.8 Å². The molecule has 0 spiro atoms. The van der Waals surface area contributed by atoms with Crippen LogP contribution in [0, 0.1) is 5.92 Å². The molecular formula is C14H16N2OS. The number of hydrogen-bond donors (Lipinski definition) is 1. The van der Waals surface area contributed by atoms with Gasteiger partial charge in [-0.1, -0.05) is 19.3 Å². The van der Waals surface area contributed by atoms with Gasteiger partial charge in [0.25, 0.3) is 0 Å². The van der Waals surface area contributed by atoms with Crippen molar-refractivity contribution in [3.8, 4) is 0 Å². The minimum absolute atomic E-state index is 0.158. The van der Waals surface area contributed by atoms with E-state index in [0.717, 1.165) is 28.7 Å². The molecule has 94 valence electrons. The summed E-state index contributed by atoms with van der Waals surface area (Å²) in [4.78, 5) is 17.5. The topological polar surface area (TPSA) is 42.0 Å². The molecule has 2 aromatic rings. The van der Waals surface area contributed by atoms with E-state index in [1.165, 1.54) is 19.3 Å². The lowest BCUT2D eigenvalue weighted by Crippen LogP contribution is -2.24. The van der Waals surface area contributed by atoms with E-state index in [9.17, 15) is 4.79 Å². The van der Waals surface area contributed by atoms with Gasteiger partial charge in [0.1, 0.15) is 4.83 Å². The number of rotatable bonds is 2. The molecule has 0 radical (unpaired) electrons. The van der Waals surface area contributed by atoms with Crippen LogP contribution in [0.15, 0.2) is 23.7 Å². The molecule has 18 heavy (non-hydrogen) atoms. The summed E-state index contributed by atoms with van der Waals surface area (Å²) in [7, 11) is 0. The highest BCUT2D eigenvalue weighted by Crippen LogP contribution is 2.26. The SMILES string of the molecule is O=C(Nc1cnc2sccc2c1)C1CCCCC1. The van der Waals surface area contributed by atoms with Crippen molar-refractivity contribution in [2.24, 2.45) is 5.92 Å². The number of thiophene rings is 1. The molecule has 0 bridgehead atoms. The minimum atomic E-state index is 0.158. The van der Waals surface area contributed by atoms with E-state index in [0.29, 0.717) is 0 Å². The molecule has 4 heteroatoms. The number of hydrogen-bond acceptors (Lipinski definition) is 3. The van der Waals surface area contributed by atoms with Gasteiger partial charge in [0.15, 0.2) is 0 Å². The van der Waals surface area contributed by atoms with Crippen LogP contribution in [0.3, 0.4) is 0 Å². The molecule has 1 aliphatic carbocycles. The average molecular weight is 260 g/mol. The van der Waals surface area contributed by atoms with Crippen molar-refractivity contribution >= 4 is 33.1 Å². The minimum Gasteiger partial charge on any atom is -0.324 e. The zero-order valence-electron chi connectivity index (χ0n) is 10.2. The standard InChI is InChI=1S/C14H16N2OS/c17-13(10-4-2-1-3-5-10)16-12-8-11-6-7-18-14(11)15-9-12/h6-10H,1-5H2,(H,16,17). The van der Waals surface area contributed by atoms with E-state index >= 15 is 0 Å². The van der Waals surface area contributed by atoms with Crippen molar-refractivity contribution in [1.82, 2.24) is 4.98 Å². The first-order valence-corrected chi connectivity index (χ1v) is 7.35. The fourth-order valence-corrected chi connectivity index (χ4v) is 3.26. The summed E-state index contributed by atoms with van der Waals surface area (Å²) < 4.78 is 0. The van der Waals surface area contributed by atoms with Crippen molar-refractivity contribution in [1.29, 1.82) is 0 Å². The summed E-state index contributed by atoms with van der Waals surface area (Å²) in [5.41, 5.74) is 0.816. The van der Waals surface area contributed by atoms with Gasteiger partial charge in [0, 0.05) is 11.3 Å². The highest BCUT2D eigenvalue weighted by Gasteiger charge is 2.21. The molecule has 1 saturated carbocycles. The smallest absolute Gasteiger partial charge is 0.227 e. The van der Waals surface area contributed by atoms with Gasteiger partial charge in [-0.2, -0.15) is 0 Å². The number of amides is 1. The first-order valence-electron chi connectivity index (χ1n) is 6.47. The molecule has 3 rings (SSSR count). The number of fused-ring (bicyclic) bond motifs is 1. The predicted octanol–water partition coefficient (Wildman–Crippen LogP) is 3.82. The normalized spacial score (nSPS) is 16.9. The Kier molecular flexibility index (Phi) is 3.28. The van der Waals surface area contributed by atoms with E-state index in [4.69, 9.17) is 0 Å². The zero-order chi connectivity index (χ0) is 12.4. The molecule has 0 saturated heterocycles. The fourth-order valence-electron chi connectivity index (χ4n) is 2.54. The lowest BCUT2D eigenvalue weighted by atomic mass is 9.88. The van der Waals surface area contributed by atoms with Gasteiger partial charge in [0.2, 0.25) is 5.91 Å². The molecule has 0 unspecified atom stereocenters. The monoisotopic (exact) mass is 260 g/mol. The van der Waals surface area contributed by atoms with Gasteiger partial charge in [-0.3, -0.25) is 4.79 Å². The molecule has 0 aliphatic heterocycles. The molecule has 1 amide bonds. The van der Waals surface area contributed by atoms with Crippen LogP contribution in [0.1, 0.15) is 32.1 Å². The van der Waals surface area contributed by atoms with Crippen molar-refractivity contribution in [2.75, 3.05) is 5.32 Å². The highest BCUT2D eigenvalue weighted by atomic mass is 32.1. The van der Waals surface area contributed by atoms with Crippen molar-refractivity contribution in [3.63, 3.8) is 0 Å². The van der Waals surface area contributed by atoms with E-state index in [1.807, 2.05) is 17.5 Å². The maximum absolute atomic E-state index is 12.1. The lowest BCUT2D eigenvalue weighted by molar-refractivity contribution is -0.120. The Morgan fingerprint density at radius 2 is 2.17 bits per heavy atom. The van der Waals surface area contributed by atoms with E-state index in [1.54, 1.807) is 17.5 Å². The average Bonchev–Trinajstić information content (AvgIpc) is 2.87. The number of pyridine rings is 1. The Labute approximate surface area is 110 Å². The summed E-state index contributed by atoms with van der Waals surface area (Å²) in [5, 5.41) is 6.11. The number of carbonyl (C=O) groups excluding carboxylic acids is 1. The Morgan fingerprint density at radius 3 is 3.00 bits per heavy atom. The third kappa shape index (κ3) is 2.38. The van der Waals surface area contributed by atoms with Crippen LogP contribution in [0.5, 0.6) is 0 Å². The number of nitrogens with zero attached hydrogens (tertiary/aromatic N) is 1. The van der Waals surface area contributed by atoms with Crippen LogP contribution >= 0.6 is 11.3 Å². The number of aromatic nitrogens is 1. The summed E-state index contributed by atoms with van der Waals surface area (Å²) in [6, 6.07) is 4.03. The summed E-state index contributed by atoms with van der Waals surface area (Å²) in [6.45, 7) is 0. The van der Waals surface area contributed by atoms with Gasteiger partial charge in [-0.25, -0.2) is 4.98 Å². The predicted molar refractivity (Wildman–Crippen MR) is 74.8 cm³/mol. The van der Waals surface area contributed by atoms with Gasteiger partial charge in [-0.15, -0.1) is 11.3 Å². The van der Waals surface area contributed by atoms with Gasteiger partial charge >= 0.3 is 0 Å². The van der Waals surface area contributed by atoms with Crippen LogP contribution in [-0.2, 0) is 4.79 Å². The molecule has 3 nitrogen and oxygen atoms in total. The van der Waals surface area contributed by atoms with Crippen LogP contribution in [0.2, 0.25) is 0 Å². The van der Waals surface area contributed by atoms with E-state index in [2.05, 4.69) is 10.3 Å². The Balaban J connectivity index is 1.72.